The number of thiazole rings is 1. The lowest BCUT2D eigenvalue weighted by atomic mass is 10.1. The Bertz CT molecular complexity index is 2260. The van der Waals surface area contributed by atoms with Crippen molar-refractivity contribution in [2.45, 2.75) is 46.6 Å². The van der Waals surface area contributed by atoms with E-state index in [0.717, 1.165) is 48.4 Å². The molecule has 3 aromatic carbocycles. The predicted molar refractivity (Wildman–Crippen MR) is 187 cm³/mol. The van der Waals surface area contributed by atoms with Crippen LogP contribution in [0, 0.1) is 23.7 Å². The molecule has 12 heteroatoms. The molecule has 0 spiro atoms. The Kier molecular flexibility index (Phi) is 10.4. The van der Waals surface area contributed by atoms with E-state index >= 15 is 0 Å². The maximum atomic E-state index is 11.6. The lowest BCUT2D eigenvalue weighted by Gasteiger charge is -2.18. The molecule has 4 aromatic rings. The smallest absolute Gasteiger partial charge is 0.265 e. The van der Waals surface area contributed by atoms with E-state index in [4.69, 9.17) is 4.74 Å². The van der Waals surface area contributed by atoms with Crippen LogP contribution in [0.5, 0.6) is 5.75 Å². The van der Waals surface area contributed by atoms with Crippen molar-refractivity contribution >= 4 is 64.3 Å². The molecule has 2 heterocycles. The van der Waals surface area contributed by atoms with Gasteiger partial charge in [-0.25, -0.2) is 0 Å². The first-order valence-corrected chi connectivity index (χ1v) is 19.1. The summed E-state index contributed by atoms with van der Waals surface area (Å²) in [6.07, 6.45) is 4.97. The second kappa shape index (κ2) is 14.3. The Morgan fingerprint density at radius 3 is 2.32 bits per heavy atom. The average molecular weight is 692 g/mol. The fraction of sp³-hybridized carbons (Fsp3) is 0.286. The van der Waals surface area contributed by atoms with Gasteiger partial charge in [0, 0.05) is 36.2 Å². The Labute approximate surface area is 279 Å². The highest BCUT2D eigenvalue weighted by Crippen LogP contribution is 2.41. The van der Waals surface area contributed by atoms with Gasteiger partial charge in [-0.1, -0.05) is 54.4 Å². The molecule has 0 saturated carbocycles. The summed E-state index contributed by atoms with van der Waals surface area (Å²) in [5.41, 5.74) is 4.06. The highest BCUT2D eigenvalue weighted by Gasteiger charge is 2.29. The Morgan fingerprint density at radius 2 is 1.64 bits per heavy atom. The molecular weight excluding hydrogens is 657 g/mol. The van der Waals surface area contributed by atoms with Crippen molar-refractivity contribution in [3.05, 3.63) is 82.2 Å². The summed E-state index contributed by atoms with van der Waals surface area (Å²) < 4.78 is 74.5. The second-order valence-electron chi connectivity index (χ2n) is 10.9. The summed E-state index contributed by atoms with van der Waals surface area (Å²) in [6, 6.07) is 15.9. The number of hydrogen-bond donors (Lipinski definition) is 2. The number of aromatic nitrogens is 1. The van der Waals surface area contributed by atoms with E-state index in [1.165, 1.54) is 0 Å². The van der Waals surface area contributed by atoms with Gasteiger partial charge in [0.15, 0.2) is 12.3 Å². The summed E-state index contributed by atoms with van der Waals surface area (Å²) >= 11 is 1.58. The van der Waals surface area contributed by atoms with Gasteiger partial charge in [-0.3, -0.25) is 9.11 Å². The zero-order valence-electron chi connectivity index (χ0n) is 26.3. The number of anilines is 1. The third kappa shape index (κ3) is 8.22. The first-order chi connectivity index (χ1) is 22.4. The molecule has 0 unspecified atom stereocenters. The molecule has 5 rings (SSSR count). The molecule has 9 nitrogen and oxygen atoms in total. The quantitative estimate of drug-likeness (QED) is 0.109. The first-order valence-electron chi connectivity index (χ1n) is 15.1. The van der Waals surface area contributed by atoms with Crippen molar-refractivity contribution in [1.82, 2.24) is 0 Å². The van der Waals surface area contributed by atoms with Gasteiger partial charge in [-0.2, -0.15) is 21.4 Å². The number of nitrogens with zero attached hydrogens (tertiary/aromatic N) is 2. The van der Waals surface area contributed by atoms with Crippen molar-refractivity contribution in [1.29, 1.82) is 0 Å². The molecule has 0 fully saturated rings. The second-order valence-corrected chi connectivity index (χ2v) is 15.1. The maximum Gasteiger partial charge on any atom is 0.265 e. The van der Waals surface area contributed by atoms with Crippen LogP contribution in [0.4, 0.5) is 5.69 Å². The zero-order chi connectivity index (χ0) is 33.8. The molecule has 0 saturated heterocycles. The number of hydrogen-bond acceptors (Lipinski definition) is 7. The third-order valence-corrected chi connectivity index (χ3v) is 10.3. The molecule has 1 aromatic heterocycles. The highest BCUT2D eigenvalue weighted by molar-refractivity contribution is 7.86. The largest absolute Gasteiger partial charge is 0.439 e. The molecular formula is C35H35N2O7S3+. The van der Waals surface area contributed by atoms with Crippen molar-refractivity contribution in [2.24, 2.45) is 0 Å². The van der Waals surface area contributed by atoms with Crippen molar-refractivity contribution < 1.29 is 35.2 Å². The van der Waals surface area contributed by atoms with Gasteiger partial charge in [-0.05, 0) is 61.9 Å². The first kappa shape index (κ1) is 34.2. The van der Waals surface area contributed by atoms with Gasteiger partial charge in [0.25, 0.3) is 25.2 Å². The van der Waals surface area contributed by atoms with Gasteiger partial charge in [0.2, 0.25) is 11.4 Å². The number of ether oxygens (including phenoxy) is 1. The molecule has 0 atom stereocenters. The summed E-state index contributed by atoms with van der Waals surface area (Å²) in [7, 11) is -8.27. The van der Waals surface area contributed by atoms with E-state index < -0.39 is 26.0 Å². The Balaban J connectivity index is 1.61. The fourth-order valence-corrected chi connectivity index (χ4v) is 7.71. The van der Waals surface area contributed by atoms with Crippen LogP contribution >= 0.6 is 11.3 Å². The van der Waals surface area contributed by atoms with Crippen LogP contribution in [0.15, 0.2) is 66.1 Å². The molecule has 1 aliphatic heterocycles. The van der Waals surface area contributed by atoms with Crippen LogP contribution in [-0.2, 0) is 26.8 Å². The van der Waals surface area contributed by atoms with E-state index in [2.05, 4.69) is 40.4 Å². The van der Waals surface area contributed by atoms with Gasteiger partial charge in [0.05, 0.1) is 22.6 Å². The Hall–Kier alpha value is -4.17. The normalized spacial score (nSPS) is 14.1. The lowest BCUT2D eigenvalue weighted by molar-refractivity contribution is -0.667. The topological polar surface area (TPSA) is 125 Å². The van der Waals surface area contributed by atoms with Gasteiger partial charge >= 0.3 is 0 Å². The van der Waals surface area contributed by atoms with E-state index in [1.54, 1.807) is 25.2 Å². The number of allylic oxidation sites excluding steroid dienone is 2. The molecule has 0 radical (unpaired) electrons. The van der Waals surface area contributed by atoms with Crippen LogP contribution in [0.2, 0.25) is 0 Å². The molecule has 1 aliphatic rings. The third-order valence-electron chi connectivity index (χ3n) is 7.60. The highest BCUT2D eigenvalue weighted by atomic mass is 32.2. The van der Waals surface area contributed by atoms with Crippen molar-refractivity contribution in [3.63, 3.8) is 0 Å². The van der Waals surface area contributed by atoms with E-state index in [-0.39, 0.29) is 25.1 Å². The summed E-state index contributed by atoms with van der Waals surface area (Å²) in [5.74, 6) is 12.3. The van der Waals surface area contributed by atoms with E-state index in [1.807, 2.05) is 60.4 Å². The van der Waals surface area contributed by atoms with Crippen LogP contribution in [0.3, 0.4) is 0 Å². The molecule has 244 valence electrons. The standard InChI is InChI=1S/C35H34N2O7S3/c1-4-11-27-23-30-31(24-28(27)12-5-2)44-33(36(30)17-9-19-46(38,39)40)21-25(6-3)22-34-37(18-10-20-47(41,42)43)35-29-14-8-7-13-26(29)15-16-32(35)45-34/h7-8,13-16,21-24H,6,9-10,17-20H2,1-3H3,(H-,38,39,40,41,42,43)/p+1. The summed E-state index contributed by atoms with van der Waals surface area (Å²) in [4.78, 5) is 1.88. The molecule has 0 aliphatic carbocycles. The fourth-order valence-electron chi connectivity index (χ4n) is 5.54. The predicted octanol–water partition coefficient (Wildman–Crippen LogP) is 6.17. The number of aryl methyl sites for hydroxylation is 1. The SMILES string of the molecule is CC#Cc1cc2c(cc1C#CC)N(CCCS(=O)(=O)O)C(=CC(=Cc1sc3ccc4ccccc4c3[n+]1CCCS(=O)(=O)O)CC)O2. The number of fused-ring (bicyclic) bond motifs is 4. The lowest BCUT2D eigenvalue weighted by Crippen LogP contribution is -2.36. The van der Waals surface area contributed by atoms with Gasteiger partial charge < -0.3 is 9.64 Å². The van der Waals surface area contributed by atoms with Crippen LogP contribution < -0.4 is 14.2 Å². The minimum atomic E-state index is -4.15. The summed E-state index contributed by atoms with van der Waals surface area (Å²) in [6.45, 7) is 6.14. The molecule has 47 heavy (non-hydrogen) atoms. The summed E-state index contributed by atoms with van der Waals surface area (Å²) in [5, 5.41) is 3.00. The van der Waals surface area contributed by atoms with Crippen molar-refractivity contribution in [2.75, 3.05) is 23.0 Å². The van der Waals surface area contributed by atoms with E-state index in [0.29, 0.717) is 24.6 Å². The minimum absolute atomic E-state index is 0.159. The van der Waals surface area contributed by atoms with E-state index in [9.17, 15) is 25.9 Å². The van der Waals surface area contributed by atoms with Crippen LogP contribution in [0.25, 0.3) is 27.1 Å². The van der Waals surface area contributed by atoms with Gasteiger partial charge in [-0.15, -0.1) is 11.8 Å². The Morgan fingerprint density at radius 1 is 0.957 bits per heavy atom. The van der Waals surface area contributed by atoms with Crippen LogP contribution in [0.1, 0.15) is 56.2 Å². The monoisotopic (exact) mass is 691 g/mol. The van der Waals surface area contributed by atoms with Crippen molar-refractivity contribution in [3.8, 4) is 29.4 Å². The minimum Gasteiger partial charge on any atom is -0.439 e. The molecule has 0 bridgehead atoms. The van der Waals surface area contributed by atoms with Gasteiger partial charge in [0.1, 0.15) is 4.70 Å². The van der Waals surface area contributed by atoms with Crippen LogP contribution in [-0.4, -0.2) is 44.0 Å². The molecule has 0 amide bonds. The number of rotatable bonds is 11. The maximum absolute atomic E-state index is 11.6. The molecule has 2 N–H and O–H groups in total. The zero-order valence-corrected chi connectivity index (χ0v) is 28.7. The number of benzene rings is 3. The average Bonchev–Trinajstić information content (AvgIpc) is 3.52.